The van der Waals surface area contributed by atoms with E-state index >= 15 is 0 Å². The number of hydrogen-bond donors (Lipinski definition) is 2. The van der Waals surface area contributed by atoms with Gasteiger partial charge in [0.15, 0.2) is 0 Å². The van der Waals surface area contributed by atoms with Gasteiger partial charge >= 0.3 is 0 Å². The van der Waals surface area contributed by atoms with Gasteiger partial charge in [0.2, 0.25) is 15.9 Å². The first-order chi connectivity index (χ1) is 11.7. The van der Waals surface area contributed by atoms with E-state index in [0.717, 1.165) is 18.4 Å². The molecule has 1 aromatic carbocycles. The molecule has 138 valence electrons. The van der Waals surface area contributed by atoms with Crippen molar-refractivity contribution in [1.82, 2.24) is 10.6 Å². The number of aryl methyl sites for hydroxylation is 1. The number of nitrogens with one attached hydrogen (secondary N) is 2. The minimum absolute atomic E-state index is 0.226. The molecule has 0 aliphatic carbocycles. The highest BCUT2D eigenvalue weighted by molar-refractivity contribution is 7.92. The summed E-state index contributed by atoms with van der Waals surface area (Å²) in [7, 11) is -3.33. The van der Waals surface area contributed by atoms with Crippen LogP contribution in [0.4, 0.5) is 5.69 Å². The molecule has 0 unspecified atom stereocenters. The lowest BCUT2D eigenvalue weighted by Crippen LogP contribution is -2.45. The van der Waals surface area contributed by atoms with Crippen LogP contribution < -0.4 is 14.9 Å². The van der Waals surface area contributed by atoms with Gasteiger partial charge in [-0.1, -0.05) is 6.92 Å². The molecule has 2 N–H and O–H groups in total. The second-order valence-electron chi connectivity index (χ2n) is 6.27. The number of carbonyl (C=O) groups excluding carboxylic acids is 2. The van der Waals surface area contributed by atoms with Crippen molar-refractivity contribution in [3.63, 3.8) is 0 Å². The number of rotatable bonds is 6. The molecule has 0 saturated heterocycles. The average molecular weight is 367 g/mol. The van der Waals surface area contributed by atoms with Crippen molar-refractivity contribution in [2.24, 2.45) is 0 Å². The Balaban J connectivity index is 2.13. The molecule has 1 aliphatic heterocycles. The van der Waals surface area contributed by atoms with Gasteiger partial charge < -0.3 is 10.6 Å². The summed E-state index contributed by atoms with van der Waals surface area (Å²) in [6, 6.07) is 4.32. The minimum atomic E-state index is -3.33. The Kier molecular flexibility index (Phi) is 6.05. The molecule has 2 rings (SSSR count). The van der Waals surface area contributed by atoms with Crippen molar-refractivity contribution in [2.75, 3.05) is 23.7 Å². The number of anilines is 1. The fraction of sp³-hybridized carbons (Fsp3) is 0.529. The van der Waals surface area contributed by atoms with Gasteiger partial charge in [0.25, 0.3) is 5.91 Å². The maximum atomic E-state index is 12.4. The first-order valence-corrected chi connectivity index (χ1v) is 10.3. The largest absolute Gasteiger partial charge is 0.354 e. The number of hydrogen-bond acceptors (Lipinski definition) is 4. The third-order valence-corrected chi connectivity index (χ3v) is 5.29. The predicted molar refractivity (Wildman–Crippen MR) is 97.2 cm³/mol. The summed E-state index contributed by atoms with van der Waals surface area (Å²) in [5.41, 5.74) is 1.87. The van der Waals surface area contributed by atoms with Gasteiger partial charge in [-0.2, -0.15) is 0 Å². The number of sulfonamides is 1. The van der Waals surface area contributed by atoms with Gasteiger partial charge in [-0.15, -0.1) is 0 Å². The normalized spacial score (nSPS) is 15.2. The number of carbonyl (C=O) groups is 2. The number of nitrogens with zero attached hydrogens (tertiary/aromatic N) is 1. The van der Waals surface area contributed by atoms with E-state index in [1.54, 1.807) is 25.1 Å². The van der Waals surface area contributed by atoms with Crippen LogP contribution in [-0.2, 0) is 21.2 Å². The zero-order valence-corrected chi connectivity index (χ0v) is 15.6. The number of amides is 2. The van der Waals surface area contributed by atoms with Crippen LogP contribution in [0.15, 0.2) is 18.2 Å². The third-order valence-electron chi connectivity index (χ3n) is 4.11. The lowest BCUT2D eigenvalue weighted by Gasteiger charge is -2.29. The molecule has 1 atom stereocenters. The van der Waals surface area contributed by atoms with Gasteiger partial charge in [0.1, 0.15) is 6.04 Å². The molecule has 0 aromatic heterocycles. The Morgan fingerprint density at radius 1 is 1.32 bits per heavy atom. The van der Waals surface area contributed by atoms with Gasteiger partial charge in [0, 0.05) is 18.7 Å². The highest BCUT2D eigenvalue weighted by Gasteiger charge is 2.25. The number of fused-ring (bicyclic) bond motifs is 1. The van der Waals surface area contributed by atoms with E-state index in [9.17, 15) is 18.0 Å². The Labute approximate surface area is 148 Å². The monoisotopic (exact) mass is 367 g/mol. The van der Waals surface area contributed by atoms with E-state index in [2.05, 4.69) is 10.6 Å². The molecular weight excluding hydrogens is 342 g/mol. The second-order valence-corrected chi connectivity index (χ2v) is 8.18. The molecule has 8 heteroatoms. The lowest BCUT2D eigenvalue weighted by atomic mass is 10.0. The second kappa shape index (κ2) is 7.86. The van der Waals surface area contributed by atoms with Crippen LogP contribution in [-0.4, -0.2) is 45.6 Å². The molecule has 7 nitrogen and oxygen atoms in total. The molecule has 1 aromatic rings. The molecule has 1 heterocycles. The standard InChI is InChI=1S/C17H25N3O4S/c1-4-9-18-16(21)12(2)19-17(22)14-7-8-15-13(11-14)6-5-10-20(15)25(3,23)24/h7-8,11-12H,4-6,9-10H2,1-3H3,(H,18,21)(H,19,22)/t12-/m0/s1. The summed E-state index contributed by atoms with van der Waals surface area (Å²) in [6.07, 6.45) is 3.43. The summed E-state index contributed by atoms with van der Waals surface area (Å²) in [4.78, 5) is 24.2. The summed E-state index contributed by atoms with van der Waals surface area (Å²) in [5.74, 6) is -0.574. The van der Waals surface area contributed by atoms with E-state index in [4.69, 9.17) is 0 Å². The van der Waals surface area contributed by atoms with E-state index in [0.29, 0.717) is 30.8 Å². The fourth-order valence-corrected chi connectivity index (χ4v) is 3.79. The number of benzene rings is 1. The van der Waals surface area contributed by atoms with Gasteiger partial charge in [-0.25, -0.2) is 8.42 Å². The third kappa shape index (κ3) is 4.72. The van der Waals surface area contributed by atoms with Gasteiger partial charge in [-0.3, -0.25) is 13.9 Å². The Morgan fingerprint density at radius 3 is 2.68 bits per heavy atom. The first-order valence-electron chi connectivity index (χ1n) is 8.43. The molecule has 25 heavy (non-hydrogen) atoms. The van der Waals surface area contributed by atoms with Crippen molar-refractivity contribution in [2.45, 2.75) is 39.2 Å². The van der Waals surface area contributed by atoms with Crippen molar-refractivity contribution in [3.8, 4) is 0 Å². The van der Waals surface area contributed by atoms with Crippen LogP contribution in [0.5, 0.6) is 0 Å². The molecule has 2 amide bonds. The predicted octanol–water partition coefficient (Wildman–Crippen LogP) is 1.04. The zero-order valence-electron chi connectivity index (χ0n) is 14.8. The van der Waals surface area contributed by atoms with Crippen molar-refractivity contribution in [1.29, 1.82) is 0 Å². The fourth-order valence-electron chi connectivity index (χ4n) is 2.80. The summed E-state index contributed by atoms with van der Waals surface area (Å²) >= 11 is 0. The van der Waals surface area contributed by atoms with Crippen LogP contribution >= 0.6 is 0 Å². The van der Waals surface area contributed by atoms with Gasteiger partial charge in [0.05, 0.1) is 11.9 Å². The Bertz CT molecular complexity index is 761. The molecule has 0 spiro atoms. The zero-order chi connectivity index (χ0) is 18.6. The minimum Gasteiger partial charge on any atom is -0.354 e. The highest BCUT2D eigenvalue weighted by Crippen LogP contribution is 2.29. The van der Waals surface area contributed by atoms with E-state index in [1.165, 1.54) is 10.6 Å². The van der Waals surface area contributed by atoms with Crippen LogP contribution in [0.25, 0.3) is 0 Å². The molecule has 0 saturated carbocycles. The van der Waals surface area contributed by atoms with Crippen molar-refractivity contribution < 1.29 is 18.0 Å². The van der Waals surface area contributed by atoms with Crippen LogP contribution in [0.1, 0.15) is 42.6 Å². The van der Waals surface area contributed by atoms with Gasteiger partial charge in [-0.05, 0) is 49.9 Å². The molecule has 0 bridgehead atoms. The smallest absolute Gasteiger partial charge is 0.251 e. The molecular formula is C17H25N3O4S. The summed E-state index contributed by atoms with van der Waals surface area (Å²) < 4.78 is 25.1. The van der Waals surface area contributed by atoms with Crippen molar-refractivity contribution in [3.05, 3.63) is 29.3 Å². The average Bonchev–Trinajstić information content (AvgIpc) is 2.57. The maximum Gasteiger partial charge on any atom is 0.251 e. The maximum absolute atomic E-state index is 12.4. The Hall–Kier alpha value is -2.09. The van der Waals surface area contributed by atoms with E-state index in [-0.39, 0.29) is 11.8 Å². The first kappa shape index (κ1) is 19.2. The SMILES string of the molecule is CCCNC(=O)[C@H](C)NC(=O)c1ccc2c(c1)CCCN2S(C)(=O)=O. The highest BCUT2D eigenvalue weighted by atomic mass is 32.2. The Morgan fingerprint density at radius 2 is 2.04 bits per heavy atom. The molecule has 1 aliphatic rings. The summed E-state index contributed by atoms with van der Waals surface area (Å²) in [5, 5.41) is 5.40. The van der Waals surface area contributed by atoms with Crippen LogP contribution in [0.3, 0.4) is 0 Å². The van der Waals surface area contributed by atoms with E-state index in [1.807, 2.05) is 6.92 Å². The quantitative estimate of drug-likeness (QED) is 0.785. The lowest BCUT2D eigenvalue weighted by molar-refractivity contribution is -0.122. The van der Waals surface area contributed by atoms with E-state index < -0.39 is 16.1 Å². The summed E-state index contributed by atoms with van der Waals surface area (Å²) in [6.45, 7) is 4.61. The van der Waals surface area contributed by atoms with Crippen LogP contribution in [0.2, 0.25) is 0 Å². The van der Waals surface area contributed by atoms with Crippen molar-refractivity contribution >= 4 is 27.5 Å². The van der Waals surface area contributed by atoms with Crippen LogP contribution in [0, 0.1) is 0 Å². The topological polar surface area (TPSA) is 95.6 Å². The molecule has 0 fully saturated rings. The molecule has 0 radical (unpaired) electrons.